The number of nitrogens with zero attached hydrogens (tertiary/aromatic N) is 5. The lowest BCUT2D eigenvalue weighted by molar-refractivity contribution is 0.590. The molecule has 0 atom stereocenters. The minimum Gasteiger partial charge on any atom is -0.311 e. The summed E-state index contributed by atoms with van der Waals surface area (Å²) in [5.41, 5.74) is 26.5. The van der Waals surface area contributed by atoms with Crippen LogP contribution in [0, 0.1) is 0 Å². The van der Waals surface area contributed by atoms with Gasteiger partial charge in [0.15, 0.2) is 0 Å². The molecule has 0 N–H and O–H groups in total. The third-order valence-corrected chi connectivity index (χ3v) is 19.4. The van der Waals surface area contributed by atoms with Gasteiger partial charge in [-0.1, -0.05) is 192 Å². The molecule has 6 heteroatoms. The molecule has 0 bridgehead atoms. The first-order valence-corrected chi connectivity index (χ1v) is 31.5. The molecule has 0 aliphatic carbocycles. The molecule has 16 rings (SSSR count). The van der Waals surface area contributed by atoms with Gasteiger partial charge in [-0.05, 0) is 182 Å². The van der Waals surface area contributed by atoms with Crippen LogP contribution in [0.3, 0.4) is 0 Å². The number of hydrogen-bond donors (Lipinski definition) is 0. The number of benzene rings is 11. The number of fused-ring (bicyclic) bond motifs is 14. The monoisotopic (exact) mass is 1140 g/mol. The molecule has 14 aromatic rings. The fourth-order valence-electron chi connectivity index (χ4n) is 14.8. The molecule has 0 amide bonds. The minimum absolute atomic E-state index is 0.0148. The highest BCUT2D eigenvalue weighted by Gasteiger charge is 2.46. The van der Waals surface area contributed by atoms with Crippen molar-refractivity contribution in [2.75, 3.05) is 9.80 Å². The van der Waals surface area contributed by atoms with Gasteiger partial charge >= 0.3 is 0 Å². The molecule has 0 unspecified atom stereocenters. The van der Waals surface area contributed by atoms with Gasteiger partial charge in [-0.25, -0.2) is 0 Å². The summed E-state index contributed by atoms with van der Waals surface area (Å²) in [6.45, 7) is 27.7. The van der Waals surface area contributed by atoms with Crippen LogP contribution in [0.15, 0.2) is 231 Å². The highest BCUT2D eigenvalue weighted by atomic mass is 15.2. The Morgan fingerprint density at radius 1 is 0.261 bits per heavy atom. The fourth-order valence-corrected chi connectivity index (χ4v) is 14.8. The van der Waals surface area contributed by atoms with E-state index in [2.05, 4.69) is 337 Å². The molecule has 2 aliphatic rings. The van der Waals surface area contributed by atoms with Crippen LogP contribution in [0.4, 0.5) is 34.1 Å². The van der Waals surface area contributed by atoms with Crippen molar-refractivity contribution in [3.63, 3.8) is 0 Å². The largest absolute Gasteiger partial charge is 0.311 e. The summed E-state index contributed by atoms with van der Waals surface area (Å²) in [6.07, 6.45) is 0. The molecule has 0 fully saturated rings. The number of para-hydroxylation sites is 4. The van der Waals surface area contributed by atoms with Crippen LogP contribution in [0.1, 0.15) is 105 Å². The predicted octanol–water partition coefficient (Wildman–Crippen LogP) is 20.3. The van der Waals surface area contributed by atoms with Gasteiger partial charge in [0.2, 0.25) is 0 Å². The molecule has 5 nitrogen and oxygen atoms in total. The van der Waals surface area contributed by atoms with Crippen LogP contribution in [0.25, 0.3) is 82.5 Å². The Labute approximate surface area is 517 Å². The number of anilines is 6. The summed E-state index contributed by atoms with van der Waals surface area (Å²) in [5, 5.41) is 7.56. The normalized spacial score (nSPS) is 13.6. The van der Waals surface area contributed by atoms with Gasteiger partial charge in [0.1, 0.15) is 0 Å². The average molecular weight is 1140 g/mol. The van der Waals surface area contributed by atoms with Gasteiger partial charge in [0, 0.05) is 77.8 Å². The van der Waals surface area contributed by atoms with Gasteiger partial charge in [0.25, 0.3) is 6.71 Å². The van der Waals surface area contributed by atoms with Crippen LogP contribution < -0.4 is 26.2 Å². The molecule has 5 heterocycles. The standard InChI is InChI=1S/C82H74BN5/c1-79(2,3)51-32-40-68-61(44-51)62-45-52(80(4,5)6)33-41-69(62)86(68)58-36-38-65-72(48-58)85(56-26-18-14-19-27-56)75-50-74-76(60-30-22-23-31-67(60)84(74)55-24-16-13-17-25-55)78-77(75)83(65)66-39-37-59(49-73(66)88(78)57-28-20-15-21-29-57)87-70-42-34-53(81(7,8)9)46-63(70)64-47-54(82(10,11)12)35-43-71(64)87/h13-50H,1-12H3. The van der Waals surface area contributed by atoms with Gasteiger partial charge in [-0.3, -0.25) is 0 Å². The zero-order valence-corrected chi connectivity index (χ0v) is 52.8. The average Bonchev–Trinajstić information content (AvgIpc) is 1.16. The van der Waals surface area contributed by atoms with E-state index in [0.29, 0.717) is 0 Å². The molecule has 88 heavy (non-hydrogen) atoms. The molecule has 0 saturated heterocycles. The molecule has 3 aromatic heterocycles. The maximum atomic E-state index is 2.62. The van der Waals surface area contributed by atoms with Crippen molar-refractivity contribution < 1.29 is 0 Å². The first-order chi connectivity index (χ1) is 42.2. The van der Waals surface area contributed by atoms with E-state index < -0.39 is 0 Å². The molecule has 2 aliphatic heterocycles. The second kappa shape index (κ2) is 19.0. The number of aromatic nitrogens is 3. The lowest BCUT2D eigenvalue weighted by Crippen LogP contribution is -2.61. The Kier molecular flexibility index (Phi) is 11.6. The smallest absolute Gasteiger partial charge is 0.252 e. The van der Waals surface area contributed by atoms with Crippen molar-refractivity contribution in [1.82, 2.24) is 13.7 Å². The summed E-state index contributed by atoms with van der Waals surface area (Å²) in [7, 11) is 0. The second-order valence-electron chi connectivity index (χ2n) is 29.1. The van der Waals surface area contributed by atoms with Crippen molar-refractivity contribution in [2.45, 2.75) is 105 Å². The molecule has 430 valence electrons. The predicted molar refractivity (Wildman–Crippen MR) is 378 cm³/mol. The zero-order valence-electron chi connectivity index (χ0n) is 52.8. The van der Waals surface area contributed by atoms with Gasteiger partial charge in [-0.15, -0.1) is 0 Å². The summed E-state index contributed by atoms with van der Waals surface area (Å²) >= 11 is 0. The quantitative estimate of drug-likeness (QED) is 0.160. The molecule has 0 radical (unpaired) electrons. The third-order valence-electron chi connectivity index (χ3n) is 19.4. The van der Waals surface area contributed by atoms with Crippen LogP contribution >= 0.6 is 0 Å². The van der Waals surface area contributed by atoms with E-state index >= 15 is 0 Å². The Balaban J connectivity index is 1.04. The molecule has 0 spiro atoms. The maximum absolute atomic E-state index is 2.62. The van der Waals surface area contributed by atoms with E-state index in [1.54, 1.807) is 0 Å². The van der Waals surface area contributed by atoms with Crippen LogP contribution in [-0.4, -0.2) is 20.4 Å². The molecular weight excluding hydrogens is 1070 g/mol. The van der Waals surface area contributed by atoms with Crippen molar-refractivity contribution in [3.05, 3.63) is 253 Å². The van der Waals surface area contributed by atoms with E-state index in [1.165, 1.54) is 110 Å². The zero-order chi connectivity index (χ0) is 60.5. The number of hydrogen-bond acceptors (Lipinski definition) is 2. The van der Waals surface area contributed by atoms with E-state index in [9.17, 15) is 0 Å². The molecule has 0 saturated carbocycles. The van der Waals surface area contributed by atoms with Gasteiger partial charge in [-0.2, -0.15) is 0 Å². The second-order valence-corrected chi connectivity index (χ2v) is 29.1. The van der Waals surface area contributed by atoms with Crippen molar-refractivity contribution >= 4 is 123 Å². The highest BCUT2D eigenvalue weighted by Crippen LogP contribution is 2.52. The third kappa shape index (κ3) is 8.13. The first kappa shape index (κ1) is 53.9. The number of rotatable bonds is 5. The topological polar surface area (TPSA) is 21.3 Å². The lowest BCUT2D eigenvalue weighted by atomic mass is 9.33. The van der Waals surface area contributed by atoms with E-state index in [0.717, 1.165) is 45.3 Å². The Morgan fingerprint density at radius 2 is 0.614 bits per heavy atom. The maximum Gasteiger partial charge on any atom is 0.252 e. The van der Waals surface area contributed by atoms with Crippen molar-refractivity contribution in [1.29, 1.82) is 0 Å². The van der Waals surface area contributed by atoms with Crippen molar-refractivity contribution in [2.24, 2.45) is 0 Å². The SMILES string of the molecule is CC(C)(C)c1ccc2c(c1)c1cc(C(C)(C)C)ccc1n2-c1ccc2c(c1)N(c1ccccc1)c1cc3c(c4c1B2c1ccc(-n2c5ccc(C(C)(C)C)cc5c5cc(C(C)(C)C)ccc52)cc1N4c1ccccc1)c1ccccc1n3-c1ccccc1. The fraction of sp³-hybridized carbons (Fsp3) is 0.195. The van der Waals surface area contributed by atoms with E-state index in [1.807, 2.05) is 0 Å². The summed E-state index contributed by atoms with van der Waals surface area (Å²) < 4.78 is 7.57. The highest BCUT2D eigenvalue weighted by molar-refractivity contribution is 7.00. The Bertz CT molecular complexity index is 5030. The minimum atomic E-state index is -0.148. The first-order valence-electron chi connectivity index (χ1n) is 31.5. The summed E-state index contributed by atoms with van der Waals surface area (Å²) in [4.78, 5) is 5.21. The van der Waals surface area contributed by atoms with Crippen LogP contribution in [0.2, 0.25) is 0 Å². The summed E-state index contributed by atoms with van der Waals surface area (Å²) in [6, 6.07) is 88.4. The lowest BCUT2D eigenvalue weighted by Gasteiger charge is -2.44. The summed E-state index contributed by atoms with van der Waals surface area (Å²) in [5.74, 6) is 0. The van der Waals surface area contributed by atoms with Crippen LogP contribution in [-0.2, 0) is 21.7 Å². The Hall–Kier alpha value is -9.52. The van der Waals surface area contributed by atoms with Crippen molar-refractivity contribution in [3.8, 4) is 17.1 Å². The van der Waals surface area contributed by atoms with E-state index in [4.69, 9.17) is 0 Å². The van der Waals surface area contributed by atoms with E-state index in [-0.39, 0.29) is 28.4 Å². The Morgan fingerprint density at radius 3 is 1.03 bits per heavy atom. The molecular formula is C82H74BN5. The van der Waals surface area contributed by atoms with Gasteiger partial charge < -0.3 is 23.5 Å². The van der Waals surface area contributed by atoms with Gasteiger partial charge in [0.05, 0.1) is 38.8 Å². The van der Waals surface area contributed by atoms with Crippen LogP contribution in [0.5, 0.6) is 0 Å². The molecule has 11 aromatic carbocycles.